The van der Waals surface area contributed by atoms with Crippen LogP contribution < -0.4 is 11.1 Å². The molecule has 0 saturated carbocycles. The summed E-state index contributed by atoms with van der Waals surface area (Å²) in [6.07, 6.45) is 4.28. The first-order chi connectivity index (χ1) is 11.0. The highest BCUT2D eigenvalue weighted by atomic mass is 16.2. The molecule has 1 aliphatic heterocycles. The third kappa shape index (κ3) is 3.75. The summed E-state index contributed by atoms with van der Waals surface area (Å²) in [5.41, 5.74) is 8.94. The minimum Gasteiger partial charge on any atom is -0.348 e. The lowest BCUT2D eigenvalue weighted by Crippen LogP contribution is -2.54. The van der Waals surface area contributed by atoms with Crippen molar-refractivity contribution >= 4 is 5.91 Å². The quantitative estimate of drug-likeness (QED) is 0.899. The second kappa shape index (κ2) is 6.62. The summed E-state index contributed by atoms with van der Waals surface area (Å²) in [6.45, 7) is 6.68. The molecule has 2 atom stereocenters. The Morgan fingerprint density at radius 1 is 1.35 bits per heavy atom. The van der Waals surface area contributed by atoms with E-state index in [1.165, 1.54) is 11.1 Å². The second-order valence-electron chi connectivity index (χ2n) is 7.81. The van der Waals surface area contributed by atoms with Crippen molar-refractivity contribution in [1.82, 2.24) is 10.2 Å². The first-order valence-corrected chi connectivity index (χ1v) is 8.81. The number of hydrogen-bond acceptors (Lipinski definition) is 3. The van der Waals surface area contributed by atoms with Crippen molar-refractivity contribution in [2.45, 2.75) is 51.6 Å². The number of nitrogens with one attached hydrogen (secondary N) is 1. The van der Waals surface area contributed by atoms with Crippen LogP contribution in [0.25, 0.3) is 0 Å². The van der Waals surface area contributed by atoms with Gasteiger partial charge in [-0.3, -0.25) is 9.69 Å². The van der Waals surface area contributed by atoms with Crippen LogP contribution in [0.1, 0.15) is 50.3 Å². The fourth-order valence-corrected chi connectivity index (χ4v) is 3.97. The smallest absolute Gasteiger partial charge is 0.234 e. The Balaban J connectivity index is 1.58. The van der Waals surface area contributed by atoms with Crippen LogP contribution in [0.2, 0.25) is 0 Å². The van der Waals surface area contributed by atoms with E-state index in [1.807, 2.05) is 0 Å². The molecular weight excluding hydrogens is 286 g/mol. The summed E-state index contributed by atoms with van der Waals surface area (Å²) in [6, 6.07) is 8.89. The fraction of sp³-hybridized carbons (Fsp3) is 0.632. The van der Waals surface area contributed by atoms with E-state index in [9.17, 15) is 4.79 Å². The van der Waals surface area contributed by atoms with Gasteiger partial charge >= 0.3 is 0 Å². The average molecular weight is 315 g/mol. The molecule has 0 spiro atoms. The highest BCUT2D eigenvalue weighted by Crippen LogP contribution is 2.30. The van der Waals surface area contributed by atoms with Crippen LogP contribution in [0.5, 0.6) is 0 Å². The van der Waals surface area contributed by atoms with Crippen LogP contribution in [-0.4, -0.2) is 36.5 Å². The van der Waals surface area contributed by atoms with Crippen LogP contribution >= 0.6 is 0 Å². The van der Waals surface area contributed by atoms with Gasteiger partial charge in [0.25, 0.3) is 0 Å². The van der Waals surface area contributed by atoms with Gasteiger partial charge in [0, 0.05) is 19.1 Å². The molecule has 1 aliphatic carbocycles. The molecule has 4 heteroatoms. The third-order valence-corrected chi connectivity index (χ3v) is 5.46. The number of amides is 1. The fourth-order valence-electron chi connectivity index (χ4n) is 3.97. The highest BCUT2D eigenvalue weighted by molar-refractivity contribution is 5.78. The number of benzene rings is 1. The van der Waals surface area contributed by atoms with Gasteiger partial charge in [0.05, 0.1) is 12.6 Å². The molecule has 1 saturated heterocycles. The van der Waals surface area contributed by atoms with E-state index in [4.69, 9.17) is 5.73 Å². The number of hydrogen-bond donors (Lipinski definition) is 2. The molecule has 3 N–H and O–H groups in total. The van der Waals surface area contributed by atoms with Gasteiger partial charge in [0.2, 0.25) is 5.91 Å². The lowest BCUT2D eigenvalue weighted by Gasteiger charge is -2.42. The van der Waals surface area contributed by atoms with Gasteiger partial charge in [-0.1, -0.05) is 38.1 Å². The number of rotatable bonds is 3. The molecule has 1 heterocycles. The van der Waals surface area contributed by atoms with Crippen LogP contribution in [-0.2, 0) is 11.2 Å². The average Bonchev–Trinajstić information content (AvgIpc) is 2.51. The maximum absolute atomic E-state index is 12.5. The first kappa shape index (κ1) is 16.5. The van der Waals surface area contributed by atoms with Crippen molar-refractivity contribution < 1.29 is 4.79 Å². The summed E-state index contributed by atoms with van der Waals surface area (Å²) in [5.74, 6) is 0.137. The molecule has 4 nitrogen and oxygen atoms in total. The van der Waals surface area contributed by atoms with Gasteiger partial charge in [-0.25, -0.2) is 0 Å². The minimum atomic E-state index is 0.0793. The Morgan fingerprint density at radius 2 is 2.13 bits per heavy atom. The summed E-state index contributed by atoms with van der Waals surface area (Å²) >= 11 is 0. The predicted octanol–water partition coefficient (Wildman–Crippen LogP) is 2.24. The van der Waals surface area contributed by atoms with Gasteiger partial charge in [-0.2, -0.15) is 0 Å². The van der Waals surface area contributed by atoms with E-state index < -0.39 is 0 Å². The van der Waals surface area contributed by atoms with E-state index in [2.05, 4.69) is 48.3 Å². The Labute approximate surface area is 139 Å². The van der Waals surface area contributed by atoms with Gasteiger partial charge in [0.1, 0.15) is 0 Å². The van der Waals surface area contributed by atoms with Crippen LogP contribution in [0.4, 0.5) is 0 Å². The number of fused-ring (bicyclic) bond motifs is 1. The molecule has 0 bridgehead atoms. The van der Waals surface area contributed by atoms with Gasteiger partial charge in [0.15, 0.2) is 0 Å². The number of piperidine rings is 1. The maximum atomic E-state index is 12.5. The minimum absolute atomic E-state index is 0.0793. The number of aryl methyl sites for hydroxylation is 1. The molecule has 3 rings (SSSR count). The van der Waals surface area contributed by atoms with E-state index in [-0.39, 0.29) is 23.4 Å². The first-order valence-electron chi connectivity index (χ1n) is 8.81. The van der Waals surface area contributed by atoms with Crippen molar-refractivity contribution in [3.05, 3.63) is 35.4 Å². The van der Waals surface area contributed by atoms with Crippen LogP contribution in [0.15, 0.2) is 24.3 Å². The zero-order chi connectivity index (χ0) is 16.4. The third-order valence-electron chi connectivity index (χ3n) is 5.46. The van der Waals surface area contributed by atoms with E-state index in [0.29, 0.717) is 6.54 Å². The van der Waals surface area contributed by atoms with Gasteiger partial charge in [-0.05, 0) is 42.2 Å². The largest absolute Gasteiger partial charge is 0.348 e. The Hall–Kier alpha value is -1.39. The summed E-state index contributed by atoms with van der Waals surface area (Å²) in [7, 11) is 0. The van der Waals surface area contributed by atoms with E-state index >= 15 is 0 Å². The Kier molecular flexibility index (Phi) is 4.74. The van der Waals surface area contributed by atoms with Crippen molar-refractivity contribution in [3.63, 3.8) is 0 Å². The van der Waals surface area contributed by atoms with Crippen LogP contribution in [0, 0.1) is 5.41 Å². The predicted molar refractivity (Wildman–Crippen MR) is 93.1 cm³/mol. The van der Waals surface area contributed by atoms with Gasteiger partial charge < -0.3 is 11.1 Å². The molecule has 1 fully saturated rings. The lowest BCUT2D eigenvalue weighted by molar-refractivity contribution is -0.123. The highest BCUT2D eigenvalue weighted by Gasteiger charge is 2.34. The molecule has 0 radical (unpaired) electrons. The topological polar surface area (TPSA) is 58.4 Å². The zero-order valence-corrected chi connectivity index (χ0v) is 14.3. The Morgan fingerprint density at radius 3 is 2.91 bits per heavy atom. The number of nitrogens with zero attached hydrogens (tertiary/aromatic N) is 1. The van der Waals surface area contributed by atoms with Crippen molar-refractivity contribution in [3.8, 4) is 0 Å². The molecule has 1 aromatic rings. The number of likely N-dealkylation sites (tertiary alicyclic amines) is 1. The zero-order valence-electron chi connectivity index (χ0n) is 14.3. The molecular formula is C19H29N3O. The van der Waals surface area contributed by atoms with E-state index in [0.717, 1.165) is 38.8 Å². The number of carbonyl (C=O) groups is 1. The summed E-state index contributed by atoms with van der Waals surface area (Å²) in [4.78, 5) is 14.7. The summed E-state index contributed by atoms with van der Waals surface area (Å²) < 4.78 is 0. The SMILES string of the molecule is CC1(C)CN(CC(=O)NC2CCCc3ccccc32)CCC1N. The molecule has 2 unspecified atom stereocenters. The summed E-state index contributed by atoms with van der Waals surface area (Å²) in [5, 5.41) is 3.25. The molecule has 126 valence electrons. The normalized spacial score (nSPS) is 27.3. The standard InChI is InChI=1S/C19H29N3O/c1-19(2)13-22(11-10-17(19)20)12-18(23)21-16-9-5-7-14-6-3-4-8-15(14)16/h3-4,6,8,16-17H,5,7,9-13,20H2,1-2H3,(H,21,23). The Bertz CT molecular complexity index is 569. The number of carbonyl (C=O) groups excluding carboxylic acids is 1. The van der Waals surface area contributed by atoms with Gasteiger partial charge in [-0.15, -0.1) is 0 Å². The monoisotopic (exact) mass is 315 g/mol. The van der Waals surface area contributed by atoms with Crippen LogP contribution in [0.3, 0.4) is 0 Å². The maximum Gasteiger partial charge on any atom is 0.234 e. The van der Waals surface area contributed by atoms with Crippen molar-refractivity contribution in [2.24, 2.45) is 11.1 Å². The molecule has 2 aliphatic rings. The van der Waals surface area contributed by atoms with Crippen molar-refractivity contribution in [2.75, 3.05) is 19.6 Å². The second-order valence-corrected chi connectivity index (χ2v) is 7.81. The molecule has 0 aromatic heterocycles. The number of nitrogens with two attached hydrogens (primary N) is 1. The van der Waals surface area contributed by atoms with Crippen molar-refractivity contribution in [1.29, 1.82) is 0 Å². The van der Waals surface area contributed by atoms with E-state index in [1.54, 1.807) is 0 Å². The molecule has 1 amide bonds. The molecule has 23 heavy (non-hydrogen) atoms. The lowest BCUT2D eigenvalue weighted by atomic mass is 9.80. The molecule has 1 aromatic carbocycles.